The Bertz CT molecular complexity index is 837. The van der Waals surface area contributed by atoms with Crippen molar-refractivity contribution in [3.8, 4) is 0 Å². The number of urea groups is 1. The largest absolute Gasteiger partial charge is 0.383 e. The molecule has 0 atom stereocenters. The molecular weight excluding hydrogens is 448 g/mol. The maximum absolute atomic E-state index is 13.1. The van der Waals surface area contributed by atoms with Crippen molar-refractivity contribution >= 4 is 33.6 Å². The Balaban J connectivity index is 2.13. The second-order valence-electron chi connectivity index (χ2n) is 7.60. The monoisotopic (exact) mass is 478 g/mol. The van der Waals surface area contributed by atoms with Gasteiger partial charge < -0.3 is 24.4 Å². The summed E-state index contributed by atoms with van der Waals surface area (Å²) in [6, 6.07) is 11.0. The van der Waals surface area contributed by atoms with Gasteiger partial charge in [-0.1, -0.05) is 26.0 Å². The van der Waals surface area contributed by atoms with Crippen LogP contribution in [-0.4, -0.2) is 59.7 Å². The van der Waals surface area contributed by atoms with E-state index in [1.165, 1.54) is 0 Å². The van der Waals surface area contributed by atoms with Crippen LogP contribution in [0, 0.1) is 5.92 Å². The Morgan fingerprint density at radius 2 is 1.90 bits per heavy atom. The van der Waals surface area contributed by atoms with Crippen molar-refractivity contribution in [2.24, 2.45) is 13.0 Å². The highest BCUT2D eigenvalue weighted by molar-refractivity contribution is 9.10. The number of halogens is 1. The number of aryl methyl sites for hydroxylation is 1. The average molecular weight is 479 g/mol. The summed E-state index contributed by atoms with van der Waals surface area (Å²) in [6.07, 6.45) is 1.95. The first-order chi connectivity index (χ1) is 14.3. The van der Waals surface area contributed by atoms with Gasteiger partial charge >= 0.3 is 6.03 Å². The van der Waals surface area contributed by atoms with Gasteiger partial charge in [0.25, 0.3) is 0 Å². The molecule has 1 heterocycles. The maximum atomic E-state index is 13.1. The van der Waals surface area contributed by atoms with Crippen molar-refractivity contribution in [1.82, 2.24) is 14.4 Å². The predicted octanol–water partition coefficient (Wildman–Crippen LogP) is 3.95. The lowest BCUT2D eigenvalue weighted by molar-refractivity contribution is -0.133. The van der Waals surface area contributed by atoms with Crippen LogP contribution in [0.1, 0.15) is 19.5 Å². The van der Waals surface area contributed by atoms with E-state index in [1.54, 1.807) is 16.9 Å². The SMILES string of the molecule is COCCN(Cc1cccn1C)C(=O)CN(CC(C)C)C(=O)Nc1ccccc1Br. The molecule has 8 heteroatoms. The smallest absolute Gasteiger partial charge is 0.322 e. The van der Waals surface area contributed by atoms with E-state index in [1.807, 2.05) is 68.1 Å². The Kier molecular flexibility index (Phi) is 9.39. The topological polar surface area (TPSA) is 66.8 Å². The van der Waals surface area contributed by atoms with E-state index in [-0.39, 0.29) is 24.4 Å². The van der Waals surface area contributed by atoms with Crippen LogP contribution in [0.25, 0.3) is 0 Å². The van der Waals surface area contributed by atoms with Crippen molar-refractivity contribution in [3.63, 3.8) is 0 Å². The second kappa shape index (κ2) is 11.8. The molecule has 1 N–H and O–H groups in total. The number of aromatic nitrogens is 1. The third-order valence-corrected chi connectivity index (χ3v) is 5.33. The number of para-hydroxylation sites is 1. The average Bonchev–Trinajstić information content (AvgIpc) is 3.10. The van der Waals surface area contributed by atoms with Gasteiger partial charge in [-0.25, -0.2) is 4.79 Å². The molecule has 1 aromatic carbocycles. The van der Waals surface area contributed by atoms with Gasteiger partial charge in [0.15, 0.2) is 0 Å². The van der Waals surface area contributed by atoms with E-state index in [9.17, 15) is 9.59 Å². The van der Waals surface area contributed by atoms with Gasteiger partial charge in [0, 0.05) is 43.6 Å². The number of nitrogens with one attached hydrogen (secondary N) is 1. The highest BCUT2D eigenvalue weighted by atomic mass is 79.9. The van der Waals surface area contributed by atoms with Crippen molar-refractivity contribution in [1.29, 1.82) is 0 Å². The molecule has 1 aromatic heterocycles. The molecule has 0 bridgehead atoms. The van der Waals surface area contributed by atoms with E-state index < -0.39 is 0 Å². The molecule has 0 aliphatic heterocycles. The summed E-state index contributed by atoms with van der Waals surface area (Å²) in [4.78, 5) is 29.4. The summed E-state index contributed by atoms with van der Waals surface area (Å²) < 4.78 is 7.96. The first-order valence-corrected chi connectivity index (χ1v) is 10.8. The van der Waals surface area contributed by atoms with Crippen molar-refractivity contribution in [2.75, 3.05) is 38.7 Å². The number of methoxy groups -OCH3 is 1. The highest BCUT2D eigenvalue weighted by Crippen LogP contribution is 2.21. The fourth-order valence-electron chi connectivity index (χ4n) is 3.03. The van der Waals surface area contributed by atoms with Gasteiger partial charge in [-0.3, -0.25) is 4.79 Å². The molecule has 0 spiro atoms. The molecule has 7 nitrogen and oxygen atoms in total. The maximum Gasteiger partial charge on any atom is 0.322 e. The summed E-state index contributed by atoms with van der Waals surface area (Å²) in [5, 5.41) is 2.90. The van der Waals surface area contributed by atoms with Crippen LogP contribution in [0.5, 0.6) is 0 Å². The third-order valence-electron chi connectivity index (χ3n) is 4.64. The molecule has 0 saturated heterocycles. The quantitative estimate of drug-likeness (QED) is 0.561. The van der Waals surface area contributed by atoms with E-state index >= 15 is 0 Å². The van der Waals surface area contributed by atoms with Crippen LogP contribution in [0.2, 0.25) is 0 Å². The minimum absolute atomic E-state index is 0.00258. The zero-order valence-electron chi connectivity index (χ0n) is 18.1. The van der Waals surface area contributed by atoms with E-state index in [0.717, 1.165) is 10.2 Å². The Morgan fingerprint density at radius 1 is 1.17 bits per heavy atom. The van der Waals surface area contributed by atoms with Crippen molar-refractivity contribution < 1.29 is 14.3 Å². The van der Waals surface area contributed by atoms with Crippen LogP contribution in [-0.2, 0) is 23.1 Å². The molecule has 0 radical (unpaired) electrons. The first-order valence-electron chi connectivity index (χ1n) is 9.99. The molecule has 0 unspecified atom stereocenters. The molecule has 2 rings (SSSR count). The lowest BCUT2D eigenvalue weighted by atomic mass is 10.2. The fraction of sp³-hybridized carbons (Fsp3) is 0.455. The summed E-state index contributed by atoms with van der Waals surface area (Å²) in [7, 11) is 3.56. The highest BCUT2D eigenvalue weighted by Gasteiger charge is 2.23. The number of anilines is 1. The number of benzene rings is 1. The molecule has 164 valence electrons. The van der Waals surface area contributed by atoms with E-state index in [0.29, 0.717) is 31.9 Å². The molecule has 0 fully saturated rings. The summed E-state index contributed by atoms with van der Waals surface area (Å²) in [6.45, 7) is 5.89. The van der Waals surface area contributed by atoms with Crippen LogP contribution >= 0.6 is 15.9 Å². The lowest BCUT2D eigenvalue weighted by Gasteiger charge is -2.29. The molecule has 0 aliphatic carbocycles. The summed E-state index contributed by atoms with van der Waals surface area (Å²) in [5.41, 5.74) is 1.69. The number of ether oxygens (including phenoxy) is 1. The van der Waals surface area contributed by atoms with Gasteiger partial charge in [-0.05, 0) is 46.1 Å². The summed E-state index contributed by atoms with van der Waals surface area (Å²) >= 11 is 3.44. The number of carbonyl (C=O) groups is 2. The van der Waals surface area contributed by atoms with Gasteiger partial charge in [0.05, 0.1) is 18.8 Å². The minimum atomic E-state index is -0.297. The lowest BCUT2D eigenvalue weighted by Crippen LogP contribution is -2.46. The Labute approximate surface area is 187 Å². The third kappa shape index (κ3) is 7.18. The standard InChI is InChI=1S/C22H31BrN4O3/c1-17(2)14-27(22(29)24-20-10-6-5-9-19(20)23)16-21(28)26(12-13-30-4)15-18-8-7-11-25(18)3/h5-11,17H,12-16H2,1-4H3,(H,24,29). The molecule has 0 saturated carbocycles. The molecular formula is C22H31BrN4O3. The zero-order valence-corrected chi connectivity index (χ0v) is 19.7. The predicted molar refractivity (Wildman–Crippen MR) is 122 cm³/mol. The van der Waals surface area contributed by atoms with Crippen LogP contribution in [0.3, 0.4) is 0 Å². The summed E-state index contributed by atoms with van der Waals surface area (Å²) in [5.74, 6) is 0.110. The number of rotatable bonds is 10. The van der Waals surface area contributed by atoms with E-state index in [4.69, 9.17) is 4.74 Å². The van der Waals surface area contributed by atoms with Crippen LogP contribution < -0.4 is 5.32 Å². The van der Waals surface area contributed by atoms with Gasteiger partial charge in [-0.2, -0.15) is 0 Å². The Hall–Kier alpha value is -2.32. The molecule has 0 aliphatic rings. The number of hydrogen-bond donors (Lipinski definition) is 1. The fourth-order valence-corrected chi connectivity index (χ4v) is 3.41. The second-order valence-corrected chi connectivity index (χ2v) is 8.46. The number of hydrogen-bond acceptors (Lipinski definition) is 3. The number of amides is 3. The first kappa shape index (κ1) is 24.0. The van der Waals surface area contributed by atoms with Gasteiger partial charge in [-0.15, -0.1) is 0 Å². The van der Waals surface area contributed by atoms with E-state index in [2.05, 4.69) is 21.2 Å². The van der Waals surface area contributed by atoms with Gasteiger partial charge in [0.2, 0.25) is 5.91 Å². The number of nitrogens with zero attached hydrogens (tertiary/aromatic N) is 3. The van der Waals surface area contributed by atoms with Crippen molar-refractivity contribution in [2.45, 2.75) is 20.4 Å². The van der Waals surface area contributed by atoms with Gasteiger partial charge in [0.1, 0.15) is 6.54 Å². The normalized spacial score (nSPS) is 10.9. The van der Waals surface area contributed by atoms with Crippen LogP contribution in [0.15, 0.2) is 47.1 Å². The zero-order chi connectivity index (χ0) is 22.1. The molecule has 3 amide bonds. The molecule has 2 aromatic rings. The van der Waals surface area contributed by atoms with Crippen LogP contribution in [0.4, 0.5) is 10.5 Å². The van der Waals surface area contributed by atoms with Crippen molar-refractivity contribution in [3.05, 3.63) is 52.8 Å². The Morgan fingerprint density at radius 3 is 2.50 bits per heavy atom. The minimum Gasteiger partial charge on any atom is -0.383 e. The number of carbonyl (C=O) groups excluding carboxylic acids is 2. The molecule has 30 heavy (non-hydrogen) atoms.